The molecule has 0 bridgehead atoms. The number of amides is 1. The molecule has 2 aromatic heterocycles. The molecule has 0 atom stereocenters. The van der Waals surface area contributed by atoms with Gasteiger partial charge < -0.3 is 9.47 Å². The van der Waals surface area contributed by atoms with Gasteiger partial charge in [-0.25, -0.2) is 10.4 Å². The van der Waals surface area contributed by atoms with Crippen molar-refractivity contribution in [2.45, 2.75) is 5.16 Å². The van der Waals surface area contributed by atoms with Crippen LogP contribution in [0.3, 0.4) is 0 Å². The van der Waals surface area contributed by atoms with Crippen molar-refractivity contribution in [1.82, 2.24) is 25.2 Å². The van der Waals surface area contributed by atoms with Gasteiger partial charge in [0.15, 0.2) is 22.5 Å². The molecule has 3 heterocycles. The van der Waals surface area contributed by atoms with Crippen LogP contribution in [0.5, 0.6) is 11.5 Å². The van der Waals surface area contributed by atoms with E-state index in [1.807, 2.05) is 58.5 Å². The number of nitrogens with zero attached hydrogens (tertiary/aromatic N) is 5. The normalized spacial score (nSPS) is 12.4. The predicted octanol–water partition coefficient (Wildman–Crippen LogP) is 3.36. The molecule has 2 aromatic carbocycles. The lowest BCUT2D eigenvalue weighted by molar-refractivity contribution is -0.118. The van der Waals surface area contributed by atoms with Crippen LogP contribution < -0.4 is 14.9 Å². The molecule has 0 unspecified atom stereocenters. The van der Waals surface area contributed by atoms with Gasteiger partial charge in [-0.2, -0.15) is 5.10 Å². The minimum Gasteiger partial charge on any atom is -0.454 e. The van der Waals surface area contributed by atoms with Crippen LogP contribution in [0.2, 0.25) is 0 Å². The standard InChI is InChI=1S/C21H16N6O3S2/c28-18(24-23-11-19-22-8-9-31-19)12-32-21-26-25-20(27(21)15-4-2-1-3-5-15)14-6-7-16-17(10-14)30-13-29-16/h1-11H,12-13H2,(H,24,28)/b23-11+. The quantitative estimate of drug-likeness (QED) is 0.254. The van der Waals surface area contributed by atoms with Crippen LogP contribution in [-0.2, 0) is 4.79 Å². The average molecular weight is 465 g/mol. The highest BCUT2D eigenvalue weighted by atomic mass is 32.2. The number of rotatable bonds is 7. The Kier molecular flexibility index (Phi) is 5.81. The predicted molar refractivity (Wildman–Crippen MR) is 121 cm³/mol. The molecule has 160 valence electrons. The van der Waals surface area contributed by atoms with Crippen molar-refractivity contribution in [1.29, 1.82) is 0 Å². The highest BCUT2D eigenvalue weighted by Gasteiger charge is 2.20. The second kappa shape index (κ2) is 9.20. The number of thioether (sulfide) groups is 1. The van der Waals surface area contributed by atoms with Crippen molar-refractivity contribution in [2.75, 3.05) is 12.5 Å². The first-order valence-electron chi connectivity index (χ1n) is 9.53. The number of hydrogen-bond acceptors (Lipinski definition) is 9. The van der Waals surface area contributed by atoms with Crippen LogP contribution in [0.15, 0.2) is 70.4 Å². The summed E-state index contributed by atoms with van der Waals surface area (Å²) in [5.41, 5.74) is 4.22. The number of thiazole rings is 1. The number of hydrogen-bond donors (Lipinski definition) is 1. The van der Waals surface area contributed by atoms with Gasteiger partial charge in [-0.1, -0.05) is 30.0 Å². The molecular weight excluding hydrogens is 448 g/mol. The van der Waals surface area contributed by atoms with E-state index in [4.69, 9.17) is 9.47 Å². The Hall–Kier alpha value is -3.70. The second-order valence-corrected chi connectivity index (χ2v) is 8.37. The zero-order valence-electron chi connectivity index (χ0n) is 16.5. The number of benzene rings is 2. The Labute approximate surface area is 191 Å². The largest absolute Gasteiger partial charge is 0.454 e. The van der Waals surface area contributed by atoms with Gasteiger partial charge in [-0.05, 0) is 30.3 Å². The molecule has 1 aliphatic rings. The van der Waals surface area contributed by atoms with Crippen molar-refractivity contribution >= 4 is 35.2 Å². The SMILES string of the molecule is O=C(CSc1nnc(-c2ccc3c(c2)OCO3)n1-c1ccccc1)N/N=C/c1nccs1. The van der Waals surface area contributed by atoms with Crippen LogP contribution in [0.25, 0.3) is 17.1 Å². The number of hydrazone groups is 1. The van der Waals surface area contributed by atoms with Gasteiger partial charge in [0.2, 0.25) is 6.79 Å². The molecule has 0 spiro atoms. The first kappa shape index (κ1) is 20.2. The number of aromatic nitrogens is 4. The fraction of sp³-hybridized carbons (Fsp3) is 0.0952. The van der Waals surface area contributed by atoms with E-state index < -0.39 is 0 Å². The maximum atomic E-state index is 12.2. The Bertz CT molecular complexity index is 1260. The van der Waals surface area contributed by atoms with Crippen LogP contribution in [0, 0.1) is 0 Å². The molecule has 1 N–H and O–H groups in total. The van der Waals surface area contributed by atoms with E-state index in [1.165, 1.54) is 29.3 Å². The van der Waals surface area contributed by atoms with E-state index in [0.717, 1.165) is 16.3 Å². The third kappa shape index (κ3) is 4.34. The van der Waals surface area contributed by atoms with Crippen molar-refractivity contribution in [3.63, 3.8) is 0 Å². The molecule has 0 aliphatic carbocycles. The van der Waals surface area contributed by atoms with Crippen molar-refractivity contribution in [3.8, 4) is 28.6 Å². The van der Waals surface area contributed by atoms with E-state index in [0.29, 0.717) is 22.5 Å². The monoisotopic (exact) mass is 464 g/mol. The molecule has 0 radical (unpaired) electrons. The number of nitrogens with one attached hydrogen (secondary N) is 1. The maximum Gasteiger partial charge on any atom is 0.250 e. The summed E-state index contributed by atoms with van der Waals surface area (Å²) in [5, 5.41) is 15.8. The van der Waals surface area contributed by atoms with E-state index in [9.17, 15) is 4.79 Å². The zero-order valence-corrected chi connectivity index (χ0v) is 18.2. The van der Waals surface area contributed by atoms with Crippen LogP contribution >= 0.6 is 23.1 Å². The summed E-state index contributed by atoms with van der Waals surface area (Å²) in [4.78, 5) is 16.3. The lowest BCUT2D eigenvalue weighted by atomic mass is 10.2. The average Bonchev–Trinajstić information content (AvgIpc) is 3.58. The van der Waals surface area contributed by atoms with Crippen molar-refractivity contribution in [3.05, 3.63) is 65.1 Å². The lowest BCUT2D eigenvalue weighted by Crippen LogP contribution is -2.20. The van der Waals surface area contributed by atoms with Crippen LogP contribution in [0.1, 0.15) is 5.01 Å². The summed E-state index contributed by atoms with van der Waals surface area (Å²) in [7, 11) is 0. The molecule has 1 aliphatic heterocycles. The van der Waals surface area contributed by atoms with E-state index in [-0.39, 0.29) is 18.5 Å². The fourth-order valence-corrected chi connectivity index (χ4v) is 4.26. The van der Waals surface area contributed by atoms with Gasteiger partial charge in [0.1, 0.15) is 5.01 Å². The first-order valence-corrected chi connectivity index (χ1v) is 11.4. The third-order valence-corrected chi connectivity index (χ3v) is 6.07. The Morgan fingerprint density at radius 2 is 2.06 bits per heavy atom. The van der Waals surface area contributed by atoms with Gasteiger partial charge in [0.25, 0.3) is 5.91 Å². The van der Waals surface area contributed by atoms with E-state index >= 15 is 0 Å². The minimum absolute atomic E-state index is 0.126. The third-order valence-electron chi connectivity index (χ3n) is 4.43. The molecule has 0 fully saturated rings. The molecule has 1 amide bonds. The highest BCUT2D eigenvalue weighted by Crippen LogP contribution is 2.36. The first-order chi connectivity index (χ1) is 15.8. The van der Waals surface area contributed by atoms with E-state index in [1.54, 1.807) is 6.20 Å². The van der Waals surface area contributed by atoms with Crippen LogP contribution in [-0.4, -0.2) is 44.4 Å². The van der Waals surface area contributed by atoms with Gasteiger partial charge in [0, 0.05) is 22.8 Å². The molecule has 9 nitrogen and oxygen atoms in total. The van der Waals surface area contributed by atoms with Crippen LogP contribution in [0.4, 0.5) is 0 Å². The van der Waals surface area contributed by atoms with Gasteiger partial charge >= 0.3 is 0 Å². The van der Waals surface area contributed by atoms with Gasteiger partial charge in [-0.3, -0.25) is 9.36 Å². The maximum absolute atomic E-state index is 12.2. The number of carbonyl (C=O) groups excluding carboxylic acids is 1. The summed E-state index contributed by atoms with van der Waals surface area (Å²) in [6.45, 7) is 0.200. The lowest BCUT2D eigenvalue weighted by Gasteiger charge is -2.10. The van der Waals surface area contributed by atoms with Gasteiger partial charge in [0.05, 0.1) is 12.0 Å². The summed E-state index contributed by atoms with van der Waals surface area (Å²) in [6.07, 6.45) is 3.19. The minimum atomic E-state index is -0.255. The Morgan fingerprint density at radius 3 is 2.91 bits per heavy atom. The molecule has 0 saturated heterocycles. The number of fused-ring (bicyclic) bond motifs is 1. The summed E-state index contributed by atoms with van der Waals surface area (Å²) >= 11 is 2.71. The fourth-order valence-electron chi connectivity index (χ4n) is 3.02. The number of carbonyl (C=O) groups is 1. The topological polar surface area (TPSA) is 104 Å². The Balaban J connectivity index is 1.37. The highest BCUT2D eigenvalue weighted by molar-refractivity contribution is 7.99. The molecule has 4 aromatic rings. The molecule has 11 heteroatoms. The smallest absolute Gasteiger partial charge is 0.250 e. The number of ether oxygens (including phenoxy) is 2. The van der Waals surface area contributed by atoms with Crippen molar-refractivity contribution in [2.24, 2.45) is 5.10 Å². The zero-order chi connectivity index (χ0) is 21.8. The number of para-hydroxylation sites is 1. The van der Waals surface area contributed by atoms with E-state index in [2.05, 4.69) is 25.7 Å². The summed E-state index contributed by atoms with van der Waals surface area (Å²) in [6, 6.07) is 15.4. The Morgan fingerprint density at radius 1 is 1.19 bits per heavy atom. The molecule has 0 saturated carbocycles. The summed E-state index contributed by atoms with van der Waals surface area (Å²) in [5.74, 6) is 1.87. The molecule has 32 heavy (non-hydrogen) atoms. The molecule has 5 rings (SSSR count). The second-order valence-electron chi connectivity index (χ2n) is 6.50. The van der Waals surface area contributed by atoms with Gasteiger partial charge in [-0.15, -0.1) is 21.5 Å². The van der Waals surface area contributed by atoms with Crippen molar-refractivity contribution < 1.29 is 14.3 Å². The summed E-state index contributed by atoms with van der Waals surface area (Å²) < 4.78 is 12.8. The molecular formula is C21H16N6O3S2.